The number of aliphatic carboxylic acids is 1. The summed E-state index contributed by atoms with van der Waals surface area (Å²) in [5.74, 6) is -0.293. The Labute approximate surface area is 108 Å². The van der Waals surface area contributed by atoms with Gasteiger partial charge in [-0.05, 0) is 48.1 Å². The molecule has 1 fully saturated rings. The number of fused-ring (bicyclic) bond motifs is 2. The molecule has 1 unspecified atom stereocenters. The van der Waals surface area contributed by atoms with Crippen LogP contribution in [0.1, 0.15) is 49.7 Å². The second kappa shape index (κ2) is 4.42. The standard InChI is InChI=1S/C16H20O2/c17-15(18)11-13-8-7-12-5-1-2-6-14(12)16(13)9-3-4-10-16/h1-2,5-6,13H,3-4,7-11H2,(H,17,18). The number of hydrogen-bond acceptors (Lipinski definition) is 1. The van der Waals surface area contributed by atoms with Crippen LogP contribution in [0.2, 0.25) is 0 Å². The van der Waals surface area contributed by atoms with Crippen molar-refractivity contribution in [2.24, 2.45) is 5.92 Å². The van der Waals surface area contributed by atoms with E-state index in [1.165, 1.54) is 36.8 Å². The Morgan fingerprint density at radius 3 is 2.72 bits per heavy atom. The fourth-order valence-electron chi connectivity index (χ4n) is 4.24. The van der Waals surface area contributed by atoms with E-state index in [1.807, 2.05) is 0 Å². The monoisotopic (exact) mass is 244 g/mol. The molecule has 0 bridgehead atoms. The van der Waals surface area contributed by atoms with Crippen molar-refractivity contribution in [1.29, 1.82) is 0 Å². The maximum Gasteiger partial charge on any atom is 0.303 e. The highest BCUT2D eigenvalue weighted by atomic mass is 16.4. The third-order valence-electron chi connectivity index (χ3n) is 5.01. The molecule has 2 aliphatic carbocycles. The van der Waals surface area contributed by atoms with E-state index in [2.05, 4.69) is 24.3 Å². The van der Waals surface area contributed by atoms with E-state index >= 15 is 0 Å². The lowest BCUT2D eigenvalue weighted by Crippen LogP contribution is -2.38. The van der Waals surface area contributed by atoms with Crippen molar-refractivity contribution < 1.29 is 9.90 Å². The van der Waals surface area contributed by atoms with E-state index in [4.69, 9.17) is 5.11 Å². The van der Waals surface area contributed by atoms with Crippen molar-refractivity contribution in [2.45, 2.75) is 50.4 Å². The van der Waals surface area contributed by atoms with E-state index < -0.39 is 5.97 Å². The van der Waals surface area contributed by atoms with E-state index in [0.717, 1.165) is 12.8 Å². The van der Waals surface area contributed by atoms with E-state index in [0.29, 0.717) is 12.3 Å². The lowest BCUT2D eigenvalue weighted by atomic mass is 9.61. The Bertz CT molecular complexity index is 458. The van der Waals surface area contributed by atoms with E-state index in [9.17, 15) is 4.79 Å². The molecule has 1 N–H and O–H groups in total. The lowest BCUT2D eigenvalue weighted by molar-refractivity contribution is -0.138. The van der Waals surface area contributed by atoms with Crippen LogP contribution in [0.25, 0.3) is 0 Å². The molecule has 2 aliphatic rings. The Hall–Kier alpha value is -1.31. The zero-order chi connectivity index (χ0) is 12.6. The van der Waals surface area contributed by atoms with Gasteiger partial charge < -0.3 is 5.11 Å². The molecular weight excluding hydrogens is 224 g/mol. The van der Waals surface area contributed by atoms with Gasteiger partial charge in [-0.1, -0.05) is 37.1 Å². The summed E-state index contributed by atoms with van der Waals surface area (Å²) < 4.78 is 0. The molecule has 96 valence electrons. The molecule has 1 spiro atoms. The normalized spacial score (nSPS) is 25.0. The molecule has 1 aromatic rings. The highest BCUT2D eigenvalue weighted by Gasteiger charge is 2.46. The molecule has 0 saturated heterocycles. The fraction of sp³-hybridized carbons (Fsp3) is 0.562. The average molecular weight is 244 g/mol. The number of aryl methyl sites for hydroxylation is 1. The number of carbonyl (C=O) groups is 1. The van der Waals surface area contributed by atoms with Crippen LogP contribution in [-0.2, 0) is 16.6 Å². The minimum Gasteiger partial charge on any atom is -0.481 e. The van der Waals surface area contributed by atoms with Crippen molar-refractivity contribution in [3.05, 3.63) is 35.4 Å². The number of benzene rings is 1. The first kappa shape index (κ1) is 11.8. The molecule has 0 aromatic heterocycles. The average Bonchev–Trinajstić information content (AvgIpc) is 2.83. The summed E-state index contributed by atoms with van der Waals surface area (Å²) in [6.45, 7) is 0. The molecule has 3 rings (SSSR count). The summed E-state index contributed by atoms with van der Waals surface area (Å²) in [5.41, 5.74) is 3.09. The molecule has 1 saturated carbocycles. The van der Waals surface area contributed by atoms with Gasteiger partial charge in [-0.25, -0.2) is 0 Å². The van der Waals surface area contributed by atoms with Crippen molar-refractivity contribution in [2.75, 3.05) is 0 Å². The predicted molar refractivity (Wildman–Crippen MR) is 70.7 cm³/mol. The van der Waals surface area contributed by atoms with E-state index in [-0.39, 0.29) is 5.41 Å². The summed E-state index contributed by atoms with van der Waals surface area (Å²) >= 11 is 0. The molecular formula is C16H20O2. The summed E-state index contributed by atoms with van der Waals surface area (Å²) in [7, 11) is 0. The first-order chi connectivity index (χ1) is 8.72. The Morgan fingerprint density at radius 1 is 1.28 bits per heavy atom. The molecule has 2 nitrogen and oxygen atoms in total. The first-order valence-electron chi connectivity index (χ1n) is 7.02. The molecule has 1 atom stereocenters. The fourth-order valence-corrected chi connectivity index (χ4v) is 4.24. The number of hydrogen-bond donors (Lipinski definition) is 1. The lowest BCUT2D eigenvalue weighted by Gasteiger charge is -2.43. The van der Waals surface area contributed by atoms with Crippen LogP contribution in [-0.4, -0.2) is 11.1 Å². The smallest absolute Gasteiger partial charge is 0.303 e. The third-order valence-corrected chi connectivity index (χ3v) is 5.01. The molecule has 1 aromatic carbocycles. The second-order valence-electron chi connectivity index (χ2n) is 5.85. The zero-order valence-corrected chi connectivity index (χ0v) is 10.7. The van der Waals surface area contributed by atoms with Gasteiger partial charge in [-0.3, -0.25) is 4.79 Å². The molecule has 0 radical (unpaired) electrons. The second-order valence-corrected chi connectivity index (χ2v) is 5.85. The third kappa shape index (κ3) is 1.75. The van der Waals surface area contributed by atoms with Gasteiger partial charge in [0.25, 0.3) is 0 Å². The predicted octanol–water partition coefficient (Wildman–Crippen LogP) is 3.54. The van der Waals surface area contributed by atoms with Crippen LogP contribution >= 0.6 is 0 Å². The van der Waals surface area contributed by atoms with Crippen LogP contribution < -0.4 is 0 Å². The van der Waals surface area contributed by atoms with Crippen molar-refractivity contribution >= 4 is 5.97 Å². The minimum atomic E-state index is -0.634. The quantitative estimate of drug-likeness (QED) is 0.864. The topological polar surface area (TPSA) is 37.3 Å². The van der Waals surface area contributed by atoms with Gasteiger partial charge in [-0.2, -0.15) is 0 Å². The molecule has 0 heterocycles. The number of rotatable bonds is 2. The van der Waals surface area contributed by atoms with Crippen LogP contribution in [0.15, 0.2) is 24.3 Å². The maximum atomic E-state index is 11.1. The molecule has 2 heteroatoms. The van der Waals surface area contributed by atoms with Gasteiger partial charge in [0.05, 0.1) is 0 Å². The summed E-state index contributed by atoms with van der Waals surface area (Å²) in [6.07, 6.45) is 7.31. The number of carboxylic acid groups (broad SMARTS) is 1. The van der Waals surface area contributed by atoms with Crippen molar-refractivity contribution in [3.8, 4) is 0 Å². The number of carboxylic acids is 1. The Balaban J connectivity index is 2.03. The largest absolute Gasteiger partial charge is 0.481 e. The Kier molecular flexibility index (Phi) is 2.89. The molecule has 0 amide bonds. The summed E-state index contributed by atoms with van der Waals surface area (Å²) in [6, 6.07) is 8.70. The summed E-state index contributed by atoms with van der Waals surface area (Å²) in [4.78, 5) is 11.1. The maximum absolute atomic E-state index is 11.1. The van der Waals surface area contributed by atoms with Crippen molar-refractivity contribution in [3.63, 3.8) is 0 Å². The Morgan fingerprint density at radius 2 is 2.00 bits per heavy atom. The van der Waals surface area contributed by atoms with Crippen LogP contribution in [0.3, 0.4) is 0 Å². The van der Waals surface area contributed by atoms with Gasteiger partial charge in [-0.15, -0.1) is 0 Å². The SMILES string of the molecule is O=C(O)CC1CCc2ccccc2C12CCCC2. The zero-order valence-electron chi connectivity index (χ0n) is 10.7. The first-order valence-corrected chi connectivity index (χ1v) is 7.02. The van der Waals surface area contributed by atoms with Gasteiger partial charge in [0, 0.05) is 6.42 Å². The van der Waals surface area contributed by atoms with Crippen LogP contribution in [0.4, 0.5) is 0 Å². The van der Waals surface area contributed by atoms with Gasteiger partial charge in [0.1, 0.15) is 0 Å². The van der Waals surface area contributed by atoms with Crippen LogP contribution in [0.5, 0.6) is 0 Å². The van der Waals surface area contributed by atoms with Gasteiger partial charge >= 0.3 is 5.97 Å². The highest BCUT2D eigenvalue weighted by Crippen LogP contribution is 2.53. The van der Waals surface area contributed by atoms with E-state index in [1.54, 1.807) is 0 Å². The summed E-state index contributed by atoms with van der Waals surface area (Å²) in [5, 5.41) is 9.16. The highest BCUT2D eigenvalue weighted by molar-refractivity contribution is 5.67. The van der Waals surface area contributed by atoms with Crippen LogP contribution in [0, 0.1) is 5.92 Å². The molecule has 18 heavy (non-hydrogen) atoms. The molecule has 0 aliphatic heterocycles. The van der Waals surface area contributed by atoms with Crippen molar-refractivity contribution in [1.82, 2.24) is 0 Å². The van der Waals surface area contributed by atoms with Gasteiger partial charge in [0.15, 0.2) is 0 Å². The van der Waals surface area contributed by atoms with Gasteiger partial charge in [0.2, 0.25) is 0 Å². The minimum absolute atomic E-state index is 0.174.